The summed E-state index contributed by atoms with van der Waals surface area (Å²) >= 11 is 0. The Hall–Kier alpha value is -3.89. The van der Waals surface area contributed by atoms with E-state index in [1.54, 1.807) is 78.0 Å². The third-order valence-electron chi connectivity index (χ3n) is 8.14. The second-order valence-electron chi connectivity index (χ2n) is 12.9. The zero-order valence-electron chi connectivity index (χ0n) is 34.9. The molecule has 24 heteroatoms. The van der Waals surface area contributed by atoms with Gasteiger partial charge < -0.3 is 37.4 Å². The minimum Gasteiger partial charge on any atom is -0.393 e. The maximum atomic E-state index is 12.3. The third-order valence-corrected chi connectivity index (χ3v) is 13.1. The minimum absolute atomic E-state index is 0.00245. The molecular weight excluding hydrogens is 866 g/mol. The first-order valence-corrected chi connectivity index (χ1v) is 23.9. The Morgan fingerprint density at radius 3 is 1.52 bits per heavy atom. The minimum atomic E-state index is -3.98. The predicted octanol–water partition coefficient (Wildman–Crippen LogP) is 3.75. The van der Waals surface area contributed by atoms with E-state index in [4.69, 9.17) is 41.6 Å². The summed E-state index contributed by atoms with van der Waals surface area (Å²) in [6.07, 6.45) is 6.83. The molecular formula is C37H54N4O17P2S. The van der Waals surface area contributed by atoms with Crippen LogP contribution >= 0.6 is 15.2 Å². The Morgan fingerprint density at radius 2 is 1.10 bits per heavy atom. The van der Waals surface area contributed by atoms with Crippen LogP contribution in [0.2, 0.25) is 0 Å². The predicted molar refractivity (Wildman–Crippen MR) is 222 cm³/mol. The lowest BCUT2D eigenvalue weighted by molar-refractivity contribution is -0.0258. The maximum absolute atomic E-state index is 12.3. The van der Waals surface area contributed by atoms with Crippen LogP contribution in [0.4, 0.5) is 0 Å². The van der Waals surface area contributed by atoms with Crippen LogP contribution < -0.4 is 22.5 Å². The molecule has 0 saturated carbocycles. The molecule has 0 bridgehead atoms. The standard InChI is InChI=1S/C15H23N2O7P.C12H19O6PS.C10H12N2O4/c1-4-22-25(20,23-5-2)10-21-9-12-6-7-13(24-12)17-8-11(3)14(18)16-15(17)19;1-4-16-19(13,17-5-2)10-18-20(14,15)12-8-6-11(3)7-9-12;1-6-4-12(10(15)11-9(6)14)8-3-2-7(5-13)16-8/h6-8,12-13H,4-5,9-10H2,1-3H3,(H,16,18,19);6-9H,4-5,10H2,1-3H3;2-4,7-8,13H,5H2,1H3,(H,11,14,15). The first-order valence-electron chi connectivity index (χ1n) is 19.1. The SMILES string of the molecule is CCOP(=O)(COCC1C=CC(n2cc(C)c(=O)[nH]c2=O)O1)OCC.CCOP(=O)(COS(=O)(=O)c1ccc(C)cc1)OCC.Cc1cn(C2C=CC(CO)O2)c(=O)[nH]c1=O. The quantitative estimate of drug-likeness (QED) is 0.0877. The molecule has 0 saturated heterocycles. The molecule has 0 amide bonds. The smallest absolute Gasteiger partial charge is 0.357 e. The number of hydrogen-bond acceptors (Lipinski definition) is 17. The number of aryl methyl sites for hydroxylation is 3. The lowest BCUT2D eigenvalue weighted by Gasteiger charge is -2.19. The number of aliphatic hydroxyl groups is 1. The van der Waals surface area contributed by atoms with E-state index in [1.165, 1.54) is 33.7 Å². The van der Waals surface area contributed by atoms with Crippen molar-refractivity contribution in [2.24, 2.45) is 0 Å². The molecule has 2 aliphatic rings. The number of rotatable bonds is 19. The van der Waals surface area contributed by atoms with Crippen LogP contribution in [0.5, 0.6) is 0 Å². The fraction of sp³-hybridized carbons (Fsp3) is 0.514. The number of nitrogens with one attached hydrogen (secondary N) is 2. The number of hydrogen-bond donors (Lipinski definition) is 3. The lowest BCUT2D eigenvalue weighted by atomic mass is 10.2. The van der Waals surface area contributed by atoms with Crippen LogP contribution in [-0.2, 0) is 55.7 Å². The van der Waals surface area contributed by atoms with Gasteiger partial charge in [0, 0.05) is 23.5 Å². The molecule has 340 valence electrons. The number of ether oxygens (including phenoxy) is 3. The van der Waals surface area contributed by atoms with Gasteiger partial charge in [-0.1, -0.05) is 29.8 Å². The van der Waals surface area contributed by atoms with E-state index in [9.17, 15) is 36.7 Å². The highest BCUT2D eigenvalue weighted by Gasteiger charge is 2.29. The fourth-order valence-corrected chi connectivity index (χ4v) is 9.27. The van der Waals surface area contributed by atoms with Crippen LogP contribution in [0, 0.1) is 20.8 Å². The topological polar surface area (TPSA) is 272 Å². The van der Waals surface area contributed by atoms with Gasteiger partial charge in [0.1, 0.15) is 18.6 Å². The summed E-state index contributed by atoms with van der Waals surface area (Å²) in [5.41, 5.74) is -0.131. The van der Waals surface area contributed by atoms with E-state index in [1.807, 2.05) is 6.92 Å². The maximum Gasteiger partial charge on any atom is 0.357 e. The highest BCUT2D eigenvalue weighted by Crippen LogP contribution is 2.49. The number of nitrogens with zero attached hydrogens (tertiary/aromatic N) is 2. The second-order valence-corrected chi connectivity index (χ2v) is 18.6. The Morgan fingerprint density at radius 1 is 0.672 bits per heavy atom. The van der Waals surface area contributed by atoms with Crippen LogP contribution in [0.1, 0.15) is 56.8 Å². The zero-order chi connectivity index (χ0) is 45.4. The van der Waals surface area contributed by atoms with Gasteiger partial charge in [-0.3, -0.25) is 42.0 Å². The molecule has 5 rings (SSSR count). The first-order chi connectivity index (χ1) is 28.8. The van der Waals surface area contributed by atoms with Crippen molar-refractivity contribution < 1.29 is 59.1 Å². The zero-order valence-corrected chi connectivity index (χ0v) is 37.5. The van der Waals surface area contributed by atoms with Crippen molar-refractivity contribution in [3.8, 4) is 0 Å². The van der Waals surface area contributed by atoms with Gasteiger partial charge in [-0.15, -0.1) is 0 Å². The average Bonchev–Trinajstić information content (AvgIpc) is 3.88. The van der Waals surface area contributed by atoms with Crippen molar-refractivity contribution in [2.45, 2.75) is 78.0 Å². The summed E-state index contributed by atoms with van der Waals surface area (Å²) in [4.78, 5) is 50.4. The van der Waals surface area contributed by atoms with Crippen molar-refractivity contribution in [3.05, 3.63) is 119 Å². The van der Waals surface area contributed by atoms with Crippen molar-refractivity contribution in [3.63, 3.8) is 0 Å². The van der Waals surface area contributed by atoms with Crippen molar-refractivity contribution in [2.75, 3.05) is 52.3 Å². The Labute approximate surface area is 352 Å². The molecule has 0 radical (unpaired) electrons. The summed E-state index contributed by atoms with van der Waals surface area (Å²) in [6, 6.07) is 6.16. The molecule has 21 nitrogen and oxygen atoms in total. The van der Waals surface area contributed by atoms with E-state index < -0.39 is 78.8 Å². The molecule has 0 spiro atoms. The third kappa shape index (κ3) is 15.8. The molecule has 0 fully saturated rings. The summed E-state index contributed by atoms with van der Waals surface area (Å²) in [5.74, 6) is 0. The van der Waals surface area contributed by atoms with Crippen LogP contribution in [0.15, 0.2) is 85.0 Å². The highest BCUT2D eigenvalue weighted by atomic mass is 32.2. The molecule has 2 aliphatic heterocycles. The van der Waals surface area contributed by atoms with Crippen molar-refractivity contribution in [1.82, 2.24) is 19.1 Å². The lowest BCUT2D eigenvalue weighted by Crippen LogP contribution is -2.33. The van der Waals surface area contributed by atoms with Crippen LogP contribution in [-0.4, -0.2) is 97.2 Å². The van der Waals surface area contributed by atoms with Gasteiger partial charge in [-0.25, -0.2) is 9.59 Å². The molecule has 4 atom stereocenters. The number of aliphatic hydroxyl groups excluding tert-OH is 1. The van der Waals surface area contributed by atoms with Crippen LogP contribution in [0.3, 0.4) is 0 Å². The molecule has 4 heterocycles. The summed E-state index contributed by atoms with van der Waals surface area (Å²) in [7, 11) is -10.8. The van der Waals surface area contributed by atoms with Gasteiger partial charge in [0.15, 0.2) is 18.8 Å². The molecule has 0 aliphatic carbocycles. The van der Waals surface area contributed by atoms with Crippen molar-refractivity contribution in [1.29, 1.82) is 0 Å². The Bertz CT molecular complexity index is 2370. The Balaban J connectivity index is 0.000000250. The monoisotopic (exact) mass is 920 g/mol. The van der Waals surface area contributed by atoms with E-state index in [-0.39, 0.29) is 50.9 Å². The summed E-state index contributed by atoms with van der Waals surface area (Å²) in [6.45, 7) is 12.6. The molecule has 3 N–H and O–H groups in total. The number of aromatic nitrogens is 4. The highest BCUT2D eigenvalue weighted by molar-refractivity contribution is 7.87. The normalized spacial score (nSPS) is 18.7. The van der Waals surface area contributed by atoms with E-state index >= 15 is 0 Å². The summed E-state index contributed by atoms with van der Waals surface area (Å²) in [5, 5.41) is 8.88. The molecule has 3 aromatic rings. The molecule has 4 unspecified atom stereocenters. The van der Waals surface area contributed by atoms with Crippen LogP contribution in [0.25, 0.3) is 0 Å². The van der Waals surface area contributed by atoms with E-state index in [2.05, 4.69) is 9.97 Å². The van der Waals surface area contributed by atoms with E-state index in [0.29, 0.717) is 11.1 Å². The van der Waals surface area contributed by atoms with Gasteiger partial charge in [-0.2, -0.15) is 8.42 Å². The van der Waals surface area contributed by atoms with Gasteiger partial charge in [0.05, 0.1) is 44.5 Å². The fourth-order valence-electron chi connectivity index (χ4n) is 5.24. The van der Waals surface area contributed by atoms with Gasteiger partial charge >= 0.3 is 26.6 Å². The van der Waals surface area contributed by atoms with Crippen molar-refractivity contribution >= 4 is 25.3 Å². The Kier molecular flexibility index (Phi) is 20.3. The molecule has 2 aromatic heterocycles. The number of H-pyrrole nitrogens is 2. The van der Waals surface area contributed by atoms with E-state index in [0.717, 1.165) is 5.56 Å². The summed E-state index contributed by atoms with van der Waals surface area (Å²) < 4.78 is 92.3. The van der Waals surface area contributed by atoms with Gasteiger partial charge in [-0.05, 0) is 72.8 Å². The largest absolute Gasteiger partial charge is 0.393 e. The molecule has 1 aromatic carbocycles. The number of aromatic amines is 2. The first kappa shape index (κ1) is 51.5. The average molecular weight is 921 g/mol. The van der Waals surface area contributed by atoms with Gasteiger partial charge in [0.2, 0.25) is 0 Å². The molecule has 61 heavy (non-hydrogen) atoms. The number of benzene rings is 1. The van der Waals surface area contributed by atoms with Gasteiger partial charge in [0.25, 0.3) is 21.2 Å². The second kappa shape index (κ2) is 24.1.